The van der Waals surface area contributed by atoms with E-state index < -0.39 is 0 Å². The average Bonchev–Trinajstić information content (AvgIpc) is 2.45. The molecule has 0 saturated heterocycles. The van der Waals surface area contributed by atoms with E-state index in [0.29, 0.717) is 6.54 Å². The molecule has 0 spiro atoms. The van der Waals surface area contributed by atoms with Gasteiger partial charge in [0.05, 0.1) is 6.07 Å². The van der Waals surface area contributed by atoms with Gasteiger partial charge >= 0.3 is 0 Å². The van der Waals surface area contributed by atoms with Gasteiger partial charge in [0.2, 0.25) is 5.91 Å². The molecule has 3 heteroatoms. The monoisotopic (exact) mass is 252 g/mol. The minimum atomic E-state index is -0.0534. The minimum absolute atomic E-state index is 0.0534. The van der Waals surface area contributed by atoms with E-state index in [0.717, 1.165) is 6.42 Å². The molecule has 0 aliphatic carbocycles. The first-order chi connectivity index (χ1) is 9.29. The zero-order chi connectivity index (χ0) is 13.5. The Kier molecular flexibility index (Phi) is 4.52. The van der Waals surface area contributed by atoms with Crippen molar-refractivity contribution in [3.8, 4) is 6.07 Å². The fourth-order valence-electron chi connectivity index (χ4n) is 2.00. The van der Waals surface area contributed by atoms with Gasteiger partial charge in [-0.05, 0) is 22.8 Å². The predicted octanol–water partition coefficient (Wildman–Crippen LogP) is 2.80. The largest absolute Gasteiger partial charge is 0.356 e. The van der Waals surface area contributed by atoms with E-state index in [1.165, 1.54) is 16.3 Å². The number of rotatable bonds is 5. The third kappa shape index (κ3) is 3.82. The van der Waals surface area contributed by atoms with Crippen molar-refractivity contribution in [3.05, 3.63) is 48.0 Å². The highest BCUT2D eigenvalue weighted by atomic mass is 16.1. The Labute approximate surface area is 112 Å². The van der Waals surface area contributed by atoms with Crippen LogP contribution in [0.15, 0.2) is 42.5 Å². The molecule has 19 heavy (non-hydrogen) atoms. The number of nitrogens with zero attached hydrogens (tertiary/aromatic N) is 1. The van der Waals surface area contributed by atoms with Crippen LogP contribution in [0.1, 0.15) is 18.4 Å². The lowest BCUT2D eigenvalue weighted by Crippen LogP contribution is -2.25. The molecule has 96 valence electrons. The van der Waals surface area contributed by atoms with Gasteiger partial charge in [0, 0.05) is 19.4 Å². The highest BCUT2D eigenvalue weighted by molar-refractivity contribution is 5.83. The normalized spacial score (nSPS) is 10.1. The maximum absolute atomic E-state index is 11.3. The zero-order valence-corrected chi connectivity index (χ0v) is 10.7. The van der Waals surface area contributed by atoms with Crippen LogP contribution in [-0.2, 0) is 11.2 Å². The van der Waals surface area contributed by atoms with Gasteiger partial charge in [-0.15, -0.1) is 0 Å². The van der Waals surface area contributed by atoms with Gasteiger partial charge in [-0.3, -0.25) is 4.79 Å². The zero-order valence-electron chi connectivity index (χ0n) is 10.7. The van der Waals surface area contributed by atoms with E-state index in [4.69, 9.17) is 5.26 Å². The van der Waals surface area contributed by atoms with E-state index >= 15 is 0 Å². The molecule has 0 radical (unpaired) electrons. The first-order valence-electron chi connectivity index (χ1n) is 6.41. The number of carbonyl (C=O) groups is 1. The van der Waals surface area contributed by atoms with E-state index in [9.17, 15) is 4.79 Å². The van der Waals surface area contributed by atoms with Gasteiger partial charge < -0.3 is 5.32 Å². The van der Waals surface area contributed by atoms with E-state index in [-0.39, 0.29) is 18.7 Å². The second-order valence-corrected chi connectivity index (χ2v) is 4.44. The Hall–Kier alpha value is -2.34. The lowest BCUT2D eigenvalue weighted by Gasteiger charge is -2.05. The summed E-state index contributed by atoms with van der Waals surface area (Å²) in [5.41, 5.74) is 1.21. The molecule has 0 heterocycles. The molecule has 0 aliphatic rings. The van der Waals surface area contributed by atoms with Crippen LogP contribution in [0.25, 0.3) is 10.8 Å². The Morgan fingerprint density at radius 3 is 2.74 bits per heavy atom. The molecule has 2 rings (SSSR count). The molecule has 0 bridgehead atoms. The number of hydrogen-bond acceptors (Lipinski definition) is 2. The Morgan fingerprint density at radius 2 is 1.95 bits per heavy atom. The van der Waals surface area contributed by atoms with Gasteiger partial charge in [-0.25, -0.2) is 0 Å². The quantitative estimate of drug-likeness (QED) is 0.889. The Bertz CT molecular complexity index is 613. The van der Waals surface area contributed by atoms with Gasteiger partial charge in [0.15, 0.2) is 0 Å². The minimum Gasteiger partial charge on any atom is -0.356 e. The van der Waals surface area contributed by atoms with Gasteiger partial charge in [0.25, 0.3) is 0 Å². The van der Waals surface area contributed by atoms with Crippen molar-refractivity contribution in [1.29, 1.82) is 5.26 Å². The number of nitriles is 1. The molecule has 1 N–H and O–H groups in total. The molecule has 0 saturated carbocycles. The fraction of sp³-hybridized carbons (Fsp3) is 0.250. The maximum atomic E-state index is 11.3. The van der Waals surface area contributed by atoms with Crippen LogP contribution in [0.2, 0.25) is 0 Å². The summed E-state index contributed by atoms with van der Waals surface area (Å²) in [6.45, 7) is 0.614. The summed E-state index contributed by atoms with van der Waals surface area (Å²) in [4.78, 5) is 11.3. The standard InChI is InChI=1S/C16H16N2O/c17-10-3-6-16(19)18-11-9-13-7-8-14-4-1-2-5-15(14)12-13/h1-2,4-5,7-8,12H,3,6,9,11H2,(H,18,19). The lowest BCUT2D eigenvalue weighted by atomic mass is 10.1. The van der Waals surface area contributed by atoms with E-state index in [1.54, 1.807) is 0 Å². The summed E-state index contributed by atoms with van der Waals surface area (Å²) in [7, 11) is 0. The average molecular weight is 252 g/mol. The molecule has 0 unspecified atom stereocenters. The highest BCUT2D eigenvalue weighted by Gasteiger charge is 2.00. The van der Waals surface area contributed by atoms with Gasteiger partial charge in [0.1, 0.15) is 0 Å². The molecular formula is C16H16N2O. The molecule has 2 aromatic rings. The van der Waals surface area contributed by atoms with Crippen LogP contribution in [0, 0.1) is 11.3 Å². The van der Waals surface area contributed by atoms with Gasteiger partial charge in [-0.2, -0.15) is 5.26 Å². The third-order valence-corrected chi connectivity index (χ3v) is 3.01. The molecule has 0 fully saturated rings. The van der Waals surface area contributed by atoms with Crippen LogP contribution < -0.4 is 5.32 Å². The van der Waals surface area contributed by atoms with Crippen LogP contribution in [0.3, 0.4) is 0 Å². The molecule has 2 aromatic carbocycles. The van der Waals surface area contributed by atoms with Crippen LogP contribution in [-0.4, -0.2) is 12.5 Å². The fourth-order valence-corrected chi connectivity index (χ4v) is 2.00. The smallest absolute Gasteiger partial charge is 0.221 e. The summed E-state index contributed by atoms with van der Waals surface area (Å²) in [5, 5.41) is 13.7. The molecule has 3 nitrogen and oxygen atoms in total. The van der Waals surface area contributed by atoms with Crippen molar-refractivity contribution in [2.45, 2.75) is 19.3 Å². The third-order valence-electron chi connectivity index (χ3n) is 3.01. The molecule has 0 atom stereocenters. The summed E-state index contributed by atoms with van der Waals surface area (Å²) in [5.74, 6) is -0.0534. The number of benzene rings is 2. The first-order valence-corrected chi connectivity index (χ1v) is 6.41. The highest BCUT2D eigenvalue weighted by Crippen LogP contribution is 2.15. The summed E-state index contributed by atoms with van der Waals surface area (Å²) < 4.78 is 0. The molecular weight excluding hydrogens is 236 g/mol. The molecule has 1 amide bonds. The second-order valence-electron chi connectivity index (χ2n) is 4.44. The maximum Gasteiger partial charge on any atom is 0.221 e. The first kappa shape index (κ1) is 13.1. The number of nitrogens with one attached hydrogen (secondary N) is 1. The van der Waals surface area contributed by atoms with E-state index in [2.05, 4.69) is 35.6 Å². The summed E-state index contributed by atoms with van der Waals surface area (Å²) >= 11 is 0. The van der Waals surface area contributed by atoms with Gasteiger partial charge in [-0.1, -0.05) is 42.5 Å². The predicted molar refractivity (Wildman–Crippen MR) is 75.5 cm³/mol. The number of carbonyl (C=O) groups excluding carboxylic acids is 1. The van der Waals surface area contributed by atoms with Crippen LogP contribution in [0.5, 0.6) is 0 Å². The van der Waals surface area contributed by atoms with Crippen molar-refractivity contribution in [3.63, 3.8) is 0 Å². The van der Waals surface area contributed by atoms with Crippen LogP contribution in [0.4, 0.5) is 0 Å². The van der Waals surface area contributed by atoms with Crippen molar-refractivity contribution in [1.82, 2.24) is 5.32 Å². The van der Waals surface area contributed by atoms with Crippen molar-refractivity contribution in [2.24, 2.45) is 0 Å². The molecule has 0 aromatic heterocycles. The summed E-state index contributed by atoms with van der Waals surface area (Å²) in [6, 6.07) is 16.5. The Balaban J connectivity index is 1.88. The molecule has 0 aliphatic heterocycles. The topological polar surface area (TPSA) is 52.9 Å². The van der Waals surface area contributed by atoms with Crippen molar-refractivity contribution < 1.29 is 4.79 Å². The van der Waals surface area contributed by atoms with E-state index in [1.807, 2.05) is 18.2 Å². The lowest BCUT2D eigenvalue weighted by molar-refractivity contribution is -0.120. The number of amides is 1. The number of fused-ring (bicyclic) bond motifs is 1. The van der Waals surface area contributed by atoms with Crippen molar-refractivity contribution in [2.75, 3.05) is 6.54 Å². The Morgan fingerprint density at radius 1 is 1.16 bits per heavy atom. The van der Waals surface area contributed by atoms with Crippen molar-refractivity contribution >= 4 is 16.7 Å². The second kappa shape index (κ2) is 6.55. The summed E-state index contributed by atoms with van der Waals surface area (Å²) in [6.07, 6.45) is 1.37. The SMILES string of the molecule is N#CCCC(=O)NCCc1ccc2ccccc2c1. The number of hydrogen-bond donors (Lipinski definition) is 1. The van der Waals surface area contributed by atoms with Crippen LogP contribution >= 0.6 is 0 Å².